The van der Waals surface area contributed by atoms with Crippen molar-refractivity contribution in [2.75, 3.05) is 39.3 Å². The molecule has 3 aliphatic heterocycles. The van der Waals surface area contributed by atoms with E-state index in [0.29, 0.717) is 37.3 Å². The van der Waals surface area contributed by atoms with Crippen molar-refractivity contribution in [2.24, 2.45) is 5.92 Å². The molecule has 0 bridgehead atoms. The van der Waals surface area contributed by atoms with Gasteiger partial charge in [-0.1, -0.05) is 0 Å². The summed E-state index contributed by atoms with van der Waals surface area (Å²) in [6.07, 6.45) is 5.24. The van der Waals surface area contributed by atoms with Crippen LogP contribution in [0, 0.1) is 19.8 Å². The number of likely N-dealkylation sites (tertiary alicyclic amines) is 2. The highest BCUT2D eigenvalue weighted by Gasteiger charge is 2.37. The van der Waals surface area contributed by atoms with Crippen molar-refractivity contribution in [3.63, 3.8) is 0 Å². The van der Waals surface area contributed by atoms with Gasteiger partial charge in [-0.15, -0.1) is 0 Å². The number of aromatic nitrogens is 2. The summed E-state index contributed by atoms with van der Waals surface area (Å²) in [7, 11) is -3.73. The number of carbonyl (C=O) groups is 2. The molecule has 0 spiro atoms. The maximum absolute atomic E-state index is 13.4. The van der Waals surface area contributed by atoms with Crippen LogP contribution in [-0.2, 0) is 26.2 Å². The summed E-state index contributed by atoms with van der Waals surface area (Å²) >= 11 is 0. The molecule has 2 amide bonds. The molecule has 0 saturated carbocycles. The molecule has 31 heavy (non-hydrogen) atoms. The highest BCUT2D eigenvalue weighted by molar-refractivity contribution is 7.89. The molecule has 0 unspecified atom stereocenters. The van der Waals surface area contributed by atoms with Crippen molar-refractivity contribution >= 4 is 21.8 Å². The molecule has 10 heteroatoms. The zero-order valence-electron chi connectivity index (χ0n) is 18.5. The minimum atomic E-state index is -3.73. The van der Waals surface area contributed by atoms with Crippen molar-refractivity contribution in [2.45, 2.75) is 63.8 Å². The van der Waals surface area contributed by atoms with Gasteiger partial charge in [-0.3, -0.25) is 14.3 Å². The fraction of sp³-hybridized carbons (Fsp3) is 0.762. The van der Waals surface area contributed by atoms with Gasteiger partial charge < -0.3 is 9.80 Å². The molecule has 9 nitrogen and oxygen atoms in total. The summed E-state index contributed by atoms with van der Waals surface area (Å²) in [5.41, 5.74) is 0.919. The van der Waals surface area contributed by atoms with E-state index in [9.17, 15) is 18.0 Å². The minimum absolute atomic E-state index is 0.0201. The average molecular weight is 452 g/mol. The van der Waals surface area contributed by atoms with Crippen molar-refractivity contribution in [1.82, 2.24) is 23.9 Å². The lowest BCUT2D eigenvalue weighted by Crippen LogP contribution is -2.43. The Balaban J connectivity index is 1.44. The van der Waals surface area contributed by atoms with Gasteiger partial charge in [0, 0.05) is 45.2 Å². The lowest BCUT2D eigenvalue weighted by Gasteiger charge is -2.32. The molecule has 4 heterocycles. The molecule has 0 radical (unpaired) electrons. The minimum Gasteiger partial charge on any atom is -0.342 e. The number of aryl methyl sites for hydroxylation is 1. The normalized spacial score (nSPS) is 21.2. The second-order valence-electron chi connectivity index (χ2n) is 8.96. The molecule has 0 atom stereocenters. The maximum Gasteiger partial charge on any atom is 0.246 e. The third-order valence-electron chi connectivity index (χ3n) is 6.88. The lowest BCUT2D eigenvalue weighted by atomic mass is 9.97. The number of amides is 2. The van der Waals surface area contributed by atoms with Crippen molar-refractivity contribution < 1.29 is 18.0 Å². The summed E-state index contributed by atoms with van der Waals surface area (Å²) < 4.78 is 29.8. The predicted octanol–water partition coefficient (Wildman–Crippen LogP) is 1.15. The van der Waals surface area contributed by atoms with Crippen molar-refractivity contribution in [3.8, 4) is 0 Å². The fourth-order valence-electron chi connectivity index (χ4n) is 5.07. The summed E-state index contributed by atoms with van der Waals surface area (Å²) in [6.45, 7) is 7.30. The number of carbonyl (C=O) groups excluding carboxylic acids is 2. The second kappa shape index (κ2) is 8.90. The van der Waals surface area contributed by atoms with Crippen molar-refractivity contribution in [3.05, 3.63) is 11.4 Å². The van der Waals surface area contributed by atoms with E-state index in [2.05, 4.69) is 5.10 Å². The Bertz CT molecular complexity index is 937. The largest absolute Gasteiger partial charge is 0.342 e. The zero-order valence-corrected chi connectivity index (χ0v) is 19.4. The molecule has 3 saturated heterocycles. The van der Waals surface area contributed by atoms with Crippen LogP contribution in [0.5, 0.6) is 0 Å². The lowest BCUT2D eigenvalue weighted by molar-refractivity contribution is -0.135. The highest BCUT2D eigenvalue weighted by atomic mass is 32.2. The molecule has 0 N–H and O–H groups in total. The Labute approximate surface area is 184 Å². The Morgan fingerprint density at radius 1 is 0.903 bits per heavy atom. The van der Waals surface area contributed by atoms with Gasteiger partial charge in [0.25, 0.3) is 0 Å². The third kappa shape index (κ3) is 4.37. The highest BCUT2D eigenvalue weighted by Crippen LogP contribution is 2.29. The molecule has 3 aliphatic rings. The molecule has 1 aromatic rings. The smallest absolute Gasteiger partial charge is 0.246 e. The number of sulfonamides is 1. The first-order chi connectivity index (χ1) is 14.8. The van der Waals surface area contributed by atoms with Gasteiger partial charge in [0.05, 0.1) is 11.4 Å². The van der Waals surface area contributed by atoms with Gasteiger partial charge in [0.15, 0.2) is 0 Å². The maximum atomic E-state index is 13.4. The Hall–Kier alpha value is -1.94. The zero-order chi connectivity index (χ0) is 22.2. The number of hydrogen-bond acceptors (Lipinski definition) is 5. The standard InChI is InChI=1S/C21H33N5O4S/c1-16-20(17(2)26(22-16)15-19(27)23-9-3-4-10-23)31(29,30)25-13-7-18(8-14-25)21(28)24-11-5-6-12-24/h18H,3-15H2,1-2H3. The second-order valence-corrected chi connectivity index (χ2v) is 10.8. The van der Waals surface area contributed by atoms with E-state index in [4.69, 9.17) is 0 Å². The summed E-state index contributed by atoms with van der Waals surface area (Å²) in [5.74, 6) is 0.0657. The first kappa shape index (κ1) is 22.3. The van der Waals surface area contributed by atoms with Gasteiger partial charge in [-0.05, 0) is 52.4 Å². The van der Waals surface area contributed by atoms with Crippen LogP contribution in [0.1, 0.15) is 49.9 Å². The fourth-order valence-corrected chi connectivity index (χ4v) is 6.91. The summed E-state index contributed by atoms with van der Waals surface area (Å²) in [6, 6.07) is 0. The van der Waals surface area contributed by atoms with Gasteiger partial charge in [-0.25, -0.2) is 8.42 Å². The molecule has 172 valence electrons. The molecule has 1 aromatic heterocycles. The van der Waals surface area contributed by atoms with E-state index in [1.54, 1.807) is 13.8 Å². The molecular weight excluding hydrogens is 418 g/mol. The van der Waals surface area contributed by atoms with Crippen LogP contribution >= 0.6 is 0 Å². The van der Waals surface area contributed by atoms with E-state index >= 15 is 0 Å². The van der Waals surface area contributed by atoms with E-state index < -0.39 is 10.0 Å². The quantitative estimate of drug-likeness (QED) is 0.669. The monoisotopic (exact) mass is 451 g/mol. The third-order valence-corrected chi connectivity index (χ3v) is 9.03. The Kier molecular flexibility index (Phi) is 6.39. The number of rotatable bonds is 5. The first-order valence-corrected chi connectivity index (χ1v) is 12.8. The van der Waals surface area contributed by atoms with Gasteiger partial charge in [0.1, 0.15) is 11.4 Å². The van der Waals surface area contributed by atoms with E-state index in [-0.39, 0.29) is 29.2 Å². The summed E-state index contributed by atoms with van der Waals surface area (Å²) in [5, 5.41) is 4.38. The molecular formula is C21H33N5O4S. The molecule has 3 fully saturated rings. The van der Waals surface area contributed by atoms with E-state index in [1.165, 1.54) is 8.99 Å². The van der Waals surface area contributed by atoms with Crippen LogP contribution in [0.15, 0.2) is 4.90 Å². The van der Waals surface area contributed by atoms with Crippen LogP contribution in [0.25, 0.3) is 0 Å². The van der Waals surface area contributed by atoms with E-state index in [1.807, 2.05) is 9.80 Å². The number of hydrogen-bond donors (Lipinski definition) is 0. The van der Waals surface area contributed by atoms with E-state index in [0.717, 1.165) is 51.9 Å². The SMILES string of the molecule is Cc1nn(CC(=O)N2CCCC2)c(C)c1S(=O)(=O)N1CCC(C(=O)N2CCCC2)CC1. The Morgan fingerprint density at radius 2 is 1.45 bits per heavy atom. The topological polar surface area (TPSA) is 95.8 Å². The average Bonchev–Trinajstić information content (AvgIpc) is 3.50. The number of nitrogens with zero attached hydrogens (tertiary/aromatic N) is 5. The summed E-state index contributed by atoms with van der Waals surface area (Å²) in [4.78, 5) is 29.1. The Morgan fingerprint density at radius 3 is 2.03 bits per heavy atom. The van der Waals surface area contributed by atoms with Crippen LogP contribution in [0.2, 0.25) is 0 Å². The van der Waals surface area contributed by atoms with Gasteiger partial charge in [0.2, 0.25) is 21.8 Å². The van der Waals surface area contributed by atoms with Crippen LogP contribution in [0.4, 0.5) is 0 Å². The molecule has 4 rings (SSSR count). The first-order valence-electron chi connectivity index (χ1n) is 11.4. The van der Waals surface area contributed by atoms with Crippen LogP contribution in [0.3, 0.4) is 0 Å². The van der Waals surface area contributed by atoms with Crippen LogP contribution in [-0.4, -0.2) is 83.4 Å². The van der Waals surface area contributed by atoms with Gasteiger partial charge in [-0.2, -0.15) is 9.40 Å². The number of piperidine rings is 1. The van der Waals surface area contributed by atoms with Crippen molar-refractivity contribution in [1.29, 1.82) is 0 Å². The van der Waals surface area contributed by atoms with Crippen LogP contribution < -0.4 is 0 Å². The molecule has 0 aliphatic carbocycles. The predicted molar refractivity (Wildman–Crippen MR) is 115 cm³/mol. The molecule has 0 aromatic carbocycles. The van der Waals surface area contributed by atoms with Gasteiger partial charge >= 0.3 is 0 Å².